The Morgan fingerprint density at radius 1 is 0.792 bits per heavy atom. The molecule has 0 radical (unpaired) electrons. The lowest BCUT2D eigenvalue weighted by molar-refractivity contribution is 0.0350. The van der Waals surface area contributed by atoms with Crippen molar-refractivity contribution in [3.05, 3.63) is 70.5 Å². The van der Waals surface area contributed by atoms with Crippen LogP contribution in [-0.4, -0.2) is 12.1 Å². The Balaban J connectivity index is 2.11. The summed E-state index contributed by atoms with van der Waals surface area (Å²) in [7, 11) is 0. The van der Waals surface area contributed by atoms with Crippen LogP contribution in [0, 0.1) is 29.1 Å². The number of hydrogen-bond donors (Lipinski definition) is 0. The molecule has 0 N–H and O–H groups in total. The monoisotopic (exact) mass is 346 g/mol. The fourth-order valence-electron chi connectivity index (χ4n) is 1.66. The molecule has 0 aliphatic rings. The molecule has 0 spiro atoms. The van der Waals surface area contributed by atoms with Gasteiger partial charge in [-0.2, -0.15) is 0 Å². The summed E-state index contributed by atoms with van der Waals surface area (Å²) in [4.78, 5) is 22.8. The van der Waals surface area contributed by atoms with E-state index in [0.717, 1.165) is 0 Å². The molecule has 0 aliphatic heterocycles. The van der Waals surface area contributed by atoms with Crippen molar-refractivity contribution in [1.29, 1.82) is 0 Å². The Morgan fingerprint density at radius 3 is 1.83 bits per heavy atom. The highest BCUT2D eigenvalue weighted by Gasteiger charge is 2.32. The first kappa shape index (κ1) is 17.4. The second-order valence-electron chi connectivity index (χ2n) is 4.36. The fourth-order valence-corrected chi connectivity index (χ4v) is 1.66. The number of esters is 1. The highest BCUT2D eigenvalue weighted by atomic mass is 19.2. The molecule has 2 aromatic rings. The van der Waals surface area contributed by atoms with Crippen LogP contribution in [-0.2, 0) is 16.1 Å². The zero-order valence-corrected chi connectivity index (χ0v) is 11.6. The van der Waals surface area contributed by atoms with Crippen molar-refractivity contribution in [2.45, 2.75) is 6.61 Å². The van der Waals surface area contributed by atoms with Gasteiger partial charge in [0, 0.05) is 0 Å². The Kier molecular flexibility index (Phi) is 5.12. The molecule has 0 atom stereocenters. The van der Waals surface area contributed by atoms with Crippen LogP contribution in [0.4, 0.5) is 26.7 Å². The minimum Gasteiger partial charge on any atom is -0.429 e. The van der Waals surface area contributed by atoms with Crippen LogP contribution in [0.5, 0.6) is 0 Å². The summed E-state index contributed by atoms with van der Waals surface area (Å²) in [6.45, 7) is -0.329. The molecule has 0 saturated heterocycles. The van der Waals surface area contributed by atoms with E-state index in [-0.39, 0.29) is 6.61 Å². The molecule has 9 heteroatoms. The molecule has 2 aromatic carbocycles. The predicted octanol–water partition coefficient (Wildman–Crippen LogP) is 3.88. The van der Waals surface area contributed by atoms with Gasteiger partial charge in [-0.15, -0.1) is 0 Å². The van der Waals surface area contributed by atoms with Crippen molar-refractivity contribution < 1.29 is 41.0 Å². The number of carbonyl (C=O) groups is 2. The lowest BCUT2D eigenvalue weighted by Crippen LogP contribution is -2.19. The summed E-state index contributed by atoms with van der Waals surface area (Å²) >= 11 is 0. The van der Waals surface area contributed by atoms with Crippen molar-refractivity contribution in [3.8, 4) is 0 Å². The van der Waals surface area contributed by atoms with Crippen molar-refractivity contribution >= 4 is 12.1 Å². The minimum atomic E-state index is -2.44. The van der Waals surface area contributed by atoms with Gasteiger partial charge in [-0.1, -0.05) is 30.3 Å². The smallest absolute Gasteiger partial charge is 0.429 e. The van der Waals surface area contributed by atoms with E-state index in [0.29, 0.717) is 5.56 Å². The third-order valence-electron chi connectivity index (χ3n) is 2.79. The van der Waals surface area contributed by atoms with E-state index in [1.165, 1.54) is 0 Å². The second-order valence-corrected chi connectivity index (χ2v) is 4.36. The lowest BCUT2D eigenvalue weighted by Gasteiger charge is -2.08. The first-order chi connectivity index (χ1) is 11.3. The number of hydrogen-bond acceptors (Lipinski definition) is 4. The molecule has 4 nitrogen and oxygen atoms in total. The second kappa shape index (κ2) is 7.07. The SMILES string of the molecule is O=C(OCc1ccccc1)OC(=O)c1c(F)c(F)c(F)c(F)c1F. The lowest BCUT2D eigenvalue weighted by atomic mass is 10.1. The summed E-state index contributed by atoms with van der Waals surface area (Å²) in [5.41, 5.74) is -1.37. The number of benzene rings is 2. The fraction of sp³-hybridized carbons (Fsp3) is 0.0667. The van der Waals surface area contributed by atoms with Gasteiger partial charge >= 0.3 is 12.1 Å². The van der Waals surface area contributed by atoms with Gasteiger partial charge in [0.25, 0.3) is 0 Å². The van der Waals surface area contributed by atoms with E-state index in [2.05, 4.69) is 9.47 Å². The number of halogens is 5. The molecule has 0 amide bonds. The van der Waals surface area contributed by atoms with Crippen molar-refractivity contribution in [2.75, 3.05) is 0 Å². The average Bonchev–Trinajstić information content (AvgIpc) is 2.57. The number of carbonyl (C=O) groups excluding carboxylic acids is 2. The van der Waals surface area contributed by atoms with Crippen LogP contribution in [0.25, 0.3) is 0 Å². The summed E-state index contributed by atoms with van der Waals surface area (Å²) in [5.74, 6) is -14.0. The zero-order chi connectivity index (χ0) is 17.9. The van der Waals surface area contributed by atoms with Crippen molar-refractivity contribution in [1.82, 2.24) is 0 Å². The normalized spacial score (nSPS) is 10.4. The Hall–Kier alpha value is -2.97. The summed E-state index contributed by atoms with van der Waals surface area (Å²) in [6, 6.07) is 8.08. The Morgan fingerprint density at radius 2 is 1.29 bits per heavy atom. The van der Waals surface area contributed by atoms with Gasteiger partial charge in [-0.3, -0.25) is 0 Å². The van der Waals surface area contributed by atoms with E-state index in [9.17, 15) is 31.5 Å². The third-order valence-corrected chi connectivity index (χ3v) is 2.79. The third kappa shape index (κ3) is 3.50. The molecule has 2 rings (SSSR count). The molecule has 24 heavy (non-hydrogen) atoms. The van der Waals surface area contributed by atoms with Crippen LogP contribution >= 0.6 is 0 Å². The van der Waals surface area contributed by atoms with Crippen LogP contribution in [0.3, 0.4) is 0 Å². The van der Waals surface area contributed by atoms with Gasteiger partial charge in [0.15, 0.2) is 23.3 Å². The first-order valence-electron chi connectivity index (χ1n) is 6.27. The van der Waals surface area contributed by atoms with Gasteiger partial charge in [-0.25, -0.2) is 31.5 Å². The van der Waals surface area contributed by atoms with Gasteiger partial charge in [0.05, 0.1) is 0 Å². The highest BCUT2D eigenvalue weighted by Crippen LogP contribution is 2.23. The van der Waals surface area contributed by atoms with Crippen LogP contribution in [0.15, 0.2) is 30.3 Å². The Bertz CT molecular complexity index is 763. The summed E-state index contributed by atoms with van der Waals surface area (Å²) in [6.07, 6.45) is -1.66. The average molecular weight is 346 g/mol. The minimum absolute atomic E-state index is 0.329. The molecule has 0 unspecified atom stereocenters. The molecular formula is C15H7F5O4. The molecule has 0 aliphatic carbocycles. The topological polar surface area (TPSA) is 52.6 Å². The van der Waals surface area contributed by atoms with E-state index >= 15 is 0 Å². The molecule has 0 fully saturated rings. The van der Waals surface area contributed by atoms with E-state index < -0.39 is 46.8 Å². The Labute approximate surface area is 131 Å². The maximum atomic E-state index is 13.4. The molecule has 0 saturated carbocycles. The van der Waals surface area contributed by atoms with Crippen LogP contribution < -0.4 is 0 Å². The standard InChI is InChI=1S/C15H7F5O4/c16-9-8(10(17)12(19)13(20)11(9)18)14(21)24-15(22)23-6-7-4-2-1-3-5-7/h1-5H,6H2. The molecule has 0 heterocycles. The van der Waals surface area contributed by atoms with Crippen LogP contribution in [0.1, 0.15) is 15.9 Å². The predicted molar refractivity (Wildman–Crippen MR) is 68.3 cm³/mol. The molecular weight excluding hydrogens is 339 g/mol. The van der Waals surface area contributed by atoms with Gasteiger partial charge in [0.1, 0.15) is 12.2 Å². The van der Waals surface area contributed by atoms with Crippen molar-refractivity contribution in [3.63, 3.8) is 0 Å². The molecule has 126 valence electrons. The quantitative estimate of drug-likeness (QED) is 0.278. The maximum Gasteiger partial charge on any atom is 0.516 e. The van der Waals surface area contributed by atoms with Gasteiger partial charge in [-0.05, 0) is 5.56 Å². The zero-order valence-electron chi connectivity index (χ0n) is 11.6. The van der Waals surface area contributed by atoms with Crippen molar-refractivity contribution in [2.24, 2.45) is 0 Å². The van der Waals surface area contributed by atoms with E-state index in [1.54, 1.807) is 30.3 Å². The molecule has 0 bridgehead atoms. The maximum absolute atomic E-state index is 13.4. The number of ether oxygens (including phenoxy) is 2. The summed E-state index contributed by atoms with van der Waals surface area (Å²) < 4.78 is 74.0. The summed E-state index contributed by atoms with van der Waals surface area (Å²) in [5, 5.41) is 0. The van der Waals surface area contributed by atoms with Crippen LogP contribution in [0.2, 0.25) is 0 Å². The first-order valence-corrected chi connectivity index (χ1v) is 6.27. The van der Waals surface area contributed by atoms with E-state index in [1.807, 2.05) is 0 Å². The largest absolute Gasteiger partial charge is 0.516 e. The highest BCUT2D eigenvalue weighted by molar-refractivity contribution is 5.95. The van der Waals surface area contributed by atoms with E-state index in [4.69, 9.17) is 0 Å². The van der Waals surface area contributed by atoms with Gasteiger partial charge in [0.2, 0.25) is 5.82 Å². The molecule has 0 aromatic heterocycles. The van der Waals surface area contributed by atoms with Gasteiger partial charge < -0.3 is 9.47 Å². The number of rotatable bonds is 3.